The van der Waals surface area contributed by atoms with Gasteiger partial charge in [0, 0.05) is 55.4 Å². The number of urea groups is 1. The zero-order valence-electron chi connectivity index (χ0n) is 21.5. The van der Waals surface area contributed by atoms with Crippen molar-refractivity contribution in [3.63, 3.8) is 0 Å². The van der Waals surface area contributed by atoms with Gasteiger partial charge in [0.15, 0.2) is 0 Å². The lowest BCUT2D eigenvalue weighted by atomic mass is 9.92. The van der Waals surface area contributed by atoms with E-state index in [1.807, 2.05) is 41.0 Å². The van der Waals surface area contributed by atoms with Crippen LogP contribution in [-0.2, 0) is 9.53 Å². The number of fused-ring (bicyclic) bond motifs is 1. The van der Waals surface area contributed by atoms with Crippen LogP contribution < -0.4 is 10.6 Å². The average molecular weight is 528 g/mol. The molecule has 4 amide bonds. The van der Waals surface area contributed by atoms with Crippen molar-refractivity contribution < 1.29 is 19.1 Å². The second kappa shape index (κ2) is 11.8. The molecule has 3 saturated heterocycles. The van der Waals surface area contributed by atoms with Gasteiger partial charge in [-0.2, -0.15) is 0 Å². The molecule has 0 bridgehead atoms. The molecule has 3 aliphatic rings. The number of piperidine rings is 2. The van der Waals surface area contributed by atoms with Crippen LogP contribution in [0.25, 0.3) is 10.1 Å². The Hall–Kier alpha value is -2.69. The summed E-state index contributed by atoms with van der Waals surface area (Å²) >= 11 is 1.44. The molecular weight excluding hydrogens is 490 g/mol. The quantitative estimate of drug-likeness (QED) is 0.623. The van der Waals surface area contributed by atoms with Gasteiger partial charge in [0.1, 0.15) is 5.00 Å². The molecule has 0 spiro atoms. The summed E-state index contributed by atoms with van der Waals surface area (Å²) in [6.07, 6.45) is 3.78. The van der Waals surface area contributed by atoms with E-state index in [9.17, 15) is 14.4 Å². The van der Waals surface area contributed by atoms with E-state index in [1.54, 1.807) is 0 Å². The van der Waals surface area contributed by atoms with E-state index in [4.69, 9.17) is 4.74 Å². The number of carbonyl (C=O) groups is 3. The fraction of sp³-hybridized carbons (Fsp3) is 0.593. The molecule has 200 valence electrons. The van der Waals surface area contributed by atoms with E-state index < -0.39 is 0 Å². The van der Waals surface area contributed by atoms with Gasteiger partial charge in [0.2, 0.25) is 5.91 Å². The molecule has 3 fully saturated rings. The Morgan fingerprint density at radius 3 is 2.51 bits per heavy atom. The fourth-order valence-electron chi connectivity index (χ4n) is 5.83. The van der Waals surface area contributed by atoms with Gasteiger partial charge in [-0.15, -0.1) is 11.3 Å². The van der Waals surface area contributed by atoms with Crippen molar-refractivity contribution in [2.24, 2.45) is 5.92 Å². The van der Waals surface area contributed by atoms with Crippen LogP contribution in [0.4, 0.5) is 9.80 Å². The van der Waals surface area contributed by atoms with Crippen LogP contribution in [-0.4, -0.2) is 97.6 Å². The molecule has 0 aliphatic carbocycles. The van der Waals surface area contributed by atoms with Crippen LogP contribution in [0.2, 0.25) is 0 Å². The number of nitrogens with one attached hydrogen (secondary N) is 2. The zero-order valence-corrected chi connectivity index (χ0v) is 22.4. The summed E-state index contributed by atoms with van der Waals surface area (Å²) < 4.78 is 6.39. The molecule has 10 heteroatoms. The second-order valence-corrected chi connectivity index (χ2v) is 11.1. The predicted molar refractivity (Wildman–Crippen MR) is 145 cm³/mol. The van der Waals surface area contributed by atoms with Crippen molar-refractivity contribution in [3.8, 4) is 0 Å². The number of ether oxygens (including phenoxy) is 1. The molecule has 0 radical (unpaired) electrons. The highest BCUT2D eigenvalue weighted by atomic mass is 32.1. The molecule has 4 heterocycles. The summed E-state index contributed by atoms with van der Waals surface area (Å²) in [7, 11) is 0. The van der Waals surface area contributed by atoms with Crippen molar-refractivity contribution in [1.82, 2.24) is 20.0 Å². The first-order valence-corrected chi connectivity index (χ1v) is 14.3. The summed E-state index contributed by atoms with van der Waals surface area (Å²) in [5.74, 6) is 0.311. The second-order valence-electron chi connectivity index (χ2n) is 10.1. The molecule has 2 N–H and O–H groups in total. The number of amides is 4. The first-order chi connectivity index (χ1) is 18.0. The number of morpholine rings is 1. The summed E-state index contributed by atoms with van der Waals surface area (Å²) in [5.41, 5.74) is 0.583. The van der Waals surface area contributed by atoms with E-state index >= 15 is 0 Å². The number of carbonyl (C=O) groups excluding carboxylic acids is 3. The summed E-state index contributed by atoms with van der Waals surface area (Å²) in [6, 6.07) is 7.90. The highest BCUT2D eigenvalue weighted by molar-refractivity contribution is 7.23. The van der Waals surface area contributed by atoms with Crippen LogP contribution in [0.15, 0.2) is 24.3 Å². The Morgan fingerprint density at radius 1 is 1.00 bits per heavy atom. The van der Waals surface area contributed by atoms with Crippen LogP contribution in [0, 0.1) is 5.92 Å². The minimum atomic E-state index is -0.298. The Balaban J connectivity index is 1.23. The molecule has 37 heavy (non-hydrogen) atoms. The maximum Gasteiger partial charge on any atom is 0.319 e. The van der Waals surface area contributed by atoms with E-state index in [1.165, 1.54) is 11.3 Å². The minimum absolute atomic E-state index is 0.0262. The topological polar surface area (TPSA) is 94.2 Å². The Morgan fingerprint density at radius 2 is 1.76 bits per heavy atom. The lowest BCUT2D eigenvalue weighted by Gasteiger charge is -2.43. The number of nitrogens with zero attached hydrogens (tertiary/aromatic N) is 3. The first kappa shape index (κ1) is 25.9. The Kier molecular flexibility index (Phi) is 8.26. The van der Waals surface area contributed by atoms with Crippen molar-refractivity contribution in [2.45, 2.75) is 38.6 Å². The number of thiophene rings is 1. The summed E-state index contributed by atoms with van der Waals surface area (Å²) in [4.78, 5) is 45.4. The number of hydrogen-bond donors (Lipinski definition) is 2. The standard InChI is InChI=1S/C27H37N5O4S/c1-2-28-27(35)29-24-23(21-7-3-4-8-22(21)37-24)26(34)30-12-9-20(10-13-30)32-11-5-6-19(18-32)25(33)31-14-16-36-17-15-31/h3-4,7-8,19-20H,2,5-6,9-18H2,1H3,(H2,28,29,35). The smallest absolute Gasteiger partial charge is 0.319 e. The molecule has 1 aromatic carbocycles. The summed E-state index contributed by atoms with van der Waals surface area (Å²) in [6.45, 7) is 8.22. The molecule has 2 aromatic rings. The van der Waals surface area contributed by atoms with Crippen molar-refractivity contribution in [1.29, 1.82) is 0 Å². The van der Waals surface area contributed by atoms with Gasteiger partial charge in [-0.25, -0.2) is 4.79 Å². The van der Waals surface area contributed by atoms with Gasteiger partial charge >= 0.3 is 6.03 Å². The highest BCUT2D eigenvalue weighted by Crippen LogP contribution is 2.37. The van der Waals surface area contributed by atoms with Crippen molar-refractivity contribution in [2.75, 3.05) is 64.3 Å². The van der Waals surface area contributed by atoms with E-state index in [2.05, 4.69) is 15.5 Å². The maximum atomic E-state index is 13.7. The van der Waals surface area contributed by atoms with Gasteiger partial charge in [-0.3, -0.25) is 19.8 Å². The minimum Gasteiger partial charge on any atom is -0.378 e. The Labute approximate surface area is 222 Å². The largest absolute Gasteiger partial charge is 0.378 e. The molecule has 0 saturated carbocycles. The molecule has 9 nitrogen and oxygen atoms in total. The predicted octanol–water partition coefficient (Wildman–Crippen LogP) is 3.22. The number of anilines is 1. The van der Waals surface area contributed by atoms with E-state index in [0.29, 0.717) is 62.5 Å². The van der Waals surface area contributed by atoms with E-state index in [0.717, 1.165) is 48.9 Å². The van der Waals surface area contributed by atoms with Gasteiger partial charge < -0.3 is 19.9 Å². The lowest BCUT2D eigenvalue weighted by Crippen LogP contribution is -2.53. The number of hydrogen-bond acceptors (Lipinski definition) is 6. The lowest BCUT2D eigenvalue weighted by molar-refractivity contribution is -0.141. The van der Waals surface area contributed by atoms with Crippen molar-refractivity contribution >= 4 is 44.3 Å². The zero-order chi connectivity index (χ0) is 25.8. The molecule has 1 unspecified atom stereocenters. The molecule has 1 aromatic heterocycles. The summed E-state index contributed by atoms with van der Waals surface area (Å²) in [5, 5.41) is 7.12. The normalized spacial score (nSPS) is 21.7. The SMILES string of the molecule is CCNC(=O)Nc1sc2ccccc2c1C(=O)N1CCC(N2CCCC(C(=O)N3CCOCC3)C2)CC1. The fourth-order valence-corrected chi connectivity index (χ4v) is 6.92. The van der Waals surface area contributed by atoms with Gasteiger partial charge in [-0.1, -0.05) is 18.2 Å². The highest BCUT2D eigenvalue weighted by Gasteiger charge is 2.35. The van der Waals surface area contributed by atoms with Crippen molar-refractivity contribution in [3.05, 3.63) is 29.8 Å². The first-order valence-electron chi connectivity index (χ1n) is 13.5. The van der Waals surface area contributed by atoms with Gasteiger partial charge in [0.05, 0.1) is 24.7 Å². The van der Waals surface area contributed by atoms with Gasteiger partial charge in [-0.05, 0) is 45.2 Å². The number of rotatable bonds is 5. The van der Waals surface area contributed by atoms with Crippen LogP contribution >= 0.6 is 11.3 Å². The maximum absolute atomic E-state index is 13.7. The third kappa shape index (κ3) is 5.76. The monoisotopic (exact) mass is 527 g/mol. The molecule has 3 aliphatic heterocycles. The average Bonchev–Trinajstić information content (AvgIpc) is 3.30. The molecular formula is C27H37N5O4S. The Bertz CT molecular complexity index is 1120. The molecule has 1 atom stereocenters. The third-order valence-corrected chi connectivity index (χ3v) is 8.85. The number of benzene rings is 1. The number of likely N-dealkylation sites (tertiary alicyclic amines) is 2. The third-order valence-electron chi connectivity index (χ3n) is 7.77. The van der Waals surface area contributed by atoms with Crippen LogP contribution in [0.1, 0.15) is 43.0 Å². The van der Waals surface area contributed by atoms with Gasteiger partial charge in [0.25, 0.3) is 5.91 Å². The van der Waals surface area contributed by atoms with Crippen LogP contribution in [0.3, 0.4) is 0 Å². The van der Waals surface area contributed by atoms with Crippen LogP contribution in [0.5, 0.6) is 0 Å². The van der Waals surface area contributed by atoms with E-state index in [-0.39, 0.29) is 23.8 Å². The molecule has 5 rings (SSSR count).